The number of rotatable bonds is 3. The highest BCUT2D eigenvalue weighted by Crippen LogP contribution is 2.27. The van der Waals surface area contributed by atoms with Crippen LogP contribution < -0.4 is 0 Å². The lowest BCUT2D eigenvalue weighted by atomic mass is 10.1. The SMILES string of the molecule is Oc1ccc(SCc2cccc3cccnc23)cc1. The molecule has 0 bridgehead atoms. The number of thioether (sulfide) groups is 1. The number of aromatic nitrogens is 1. The summed E-state index contributed by atoms with van der Waals surface area (Å²) in [5, 5.41) is 10.4. The molecule has 3 heteroatoms. The van der Waals surface area contributed by atoms with Gasteiger partial charge < -0.3 is 5.11 Å². The van der Waals surface area contributed by atoms with Crippen LogP contribution in [0, 0.1) is 0 Å². The Bertz CT molecular complexity index is 689. The van der Waals surface area contributed by atoms with E-state index in [4.69, 9.17) is 0 Å². The van der Waals surface area contributed by atoms with Gasteiger partial charge in [0, 0.05) is 22.2 Å². The van der Waals surface area contributed by atoms with Crippen molar-refractivity contribution in [3.8, 4) is 5.75 Å². The predicted molar refractivity (Wildman–Crippen MR) is 79.4 cm³/mol. The molecule has 3 aromatic rings. The first-order valence-electron chi connectivity index (χ1n) is 6.07. The first-order chi connectivity index (χ1) is 9.33. The molecule has 0 aliphatic heterocycles. The number of hydrogen-bond donors (Lipinski definition) is 1. The van der Waals surface area contributed by atoms with Crippen LogP contribution in [0.2, 0.25) is 0 Å². The third-order valence-electron chi connectivity index (χ3n) is 2.95. The predicted octanol–water partition coefficient (Wildman–Crippen LogP) is 4.23. The molecule has 0 amide bonds. The van der Waals surface area contributed by atoms with Crippen LogP contribution in [0.5, 0.6) is 5.75 Å². The molecular formula is C16H13NOS. The Balaban J connectivity index is 1.84. The van der Waals surface area contributed by atoms with Crippen molar-refractivity contribution in [2.45, 2.75) is 10.6 Å². The topological polar surface area (TPSA) is 33.1 Å². The number of phenolic OH excluding ortho intramolecular Hbond substituents is 1. The van der Waals surface area contributed by atoms with Crippen LogP contribution in [0.1, 0.15) is 5.56 Å². The van der Waals surface area contributed by atoms with Gasteiger partial charge in [-0.25, -0.2) is 0 Å². The molecule has 0 aliphatic rings. The van der Waals surface area contributed by atoms with Crippen LogP contribution in [-0.2, 0) is 5.75 Å². The van der Waals surface area contributed by atoms with E-state index in [1.165, 1.54) is 10.9 Å². The molecule has 94 valence electrons. The summed E-state index contributed by atoms with van der Waals surface area (Å²) in [6.45, 7) is 0. The van der Waals surface area contributed by atoms with Crippen molar-refractivity contribution in [3.63, 3.8) is 0 Å². The number of nitrogens with zero attached hydrogens (tertiary/aromatic N) is 1. The Kier molecular flexibility index (Phi) is 3.38. The fourth-order valence-electron chi connectivity index (χ4n) is 1.99. The monoisotopic (exact) mass is 267 g/mol. The summed E-state index contributed by atoms with van der Waals surface area (Å²) in [6, 6.07) is 17.6. The summed E-state index contributed by atoms with van der Waals surface area (Å²) in [7, 11) is 0. The Labute approximate surface area is 116 Å². The van der Waals surface area contributed by atoms with Crippen molar-refractivity contribution in [2.75, 3.05) is 0 Å². The molecule has 0 unspecified atom stereocenters. The summed E-state index contributed by atoms with van der Waals surface area (Å²) in [6.07, 6.45) is 1.83. The van der Waals surface area contributed by atoms with Crippen LogP contribution in [0.4, 0.5) is 0 Å². The maximum Gasteiger partial charge on any atom is 0.115 e. The van der Waals surface area contributed by atoms with E-state index in [0.29, 0.717) is 5.75 Å². The van der Waals surface area contributed by atoms with Gasteiger partial charge in [0.1, 0.15) is 5.75 Å². The van der Waals surface area contributed by atoms with Crippen molar-refractivity contribution in [3.05, 3.63) is 66.4 Å². The molecule has 3 rings (SSSR count). The Morgan fingerprint density at radius 3 is 2.58 bits per heavy atom. The fourth-order valence-corrected chi connectivity index (χ4v) is 2.87. The van der Waals surface area contributed by atoms with Crippen molar-refractivity contribution in [1.29, 1.82) is 0 Å². The first-order valence-corrected chi connectivity index (χ1v) is 7.06. The van der Waals surface area contributed by atoms with Gasteiger partial charge in [-0.1, -0.05) is 24.3 Å². The Hall–Kier alpha value is -2.00. The molecule has 1 heterocycles. The van der Waals surface area contributed by atoms with Gasteiger partial charge in [-0.3, -0.25) is 4.98 Å². The van der Waals surface area contributed by atoms with Crippen LogP contribution >= 0.6 is 11.8 Å². The standard InChI is InChI=1S/C16H13NOS/c18-14-6-8-15(9-7-14)19-11-13-4-1-3-12-5-2-10-17-16(12)13/h1-10,18H,11H2. The van der Waals surface area contributed by atoms with Crippen molar-refractivity contribution in [2.24, 2.45) is 0 Å². The second-order valence-electron chi connectivity index (χ2n) is 4.27. The minimum Gasteiger partial charge on any atom is -0.508 e. The summed E-state index contributed by atoms with van der Waals surface area (Å²) in [5.74, 6) is 1.18. The van der Waals surface area contributed by atoms with Crippen LogP contribution in [0.15, 0.2) is 65.7 Å². The lowest BCUT2D eigenvalue weighted by Crippen LogP contribution is -1.86. The van der Waals surface area contributed by atoms with E-state index in [9.17, 15) is 5.11 Å². The van der Waals surface area contributed by atoms with Crippen LogP contribution in [0.25, 0.3) is 10.9 Å². The normalized spacial score (nSPS) is 10.7. The number of para-hydroxylation sites is 1. The van der Waals surface area contributed by atoms with Crippen LogP contribution in [0.3, 0.4) is 0 Å². The van der Waals surface area contributed by atoms with Gasteiger partial charge in [0.05, 0.1) is 5.52 Å². The lowest BCUT2D eigenvalue weighted by molar-refractivity contribution is 0.475. The number of pyridine rings is 1. The minimum atomic E-state index is 0.302. The van der Waals surface area contributed by atoms with Crippen molar-refractivity contribution < 1.29 is 5.11 Å². The van der Waals surface area contributed by atoms with E-state index in [2.05, 4.69) is 29.2 Å². The molecule has 0 aliphatic carbocycles. The highest BCUT2D eigenvalue weighted by Gasteiger charge is 2.02. The van der Waals surface area contributed by atoms with Crippen molar-refractivity contribution in [1.82, 2.24) is 4.98 Å². The lowest BCUT2D eigenvalue weighted by Gasteiger charge is -2.05. The first kappa shape index (κ1) is 12.1. The number of phenols is 1. The molecule has 1 aromatic heterocycles. The largest absolute Gasteiger partial charge is 0.508 e. The third-order valence-corrected chi connectivity index (χ3v) is 4.01. The zero-order valence-electron chi connectivity index (χ0n) is 10.3. The highest BCUT2D eigenvalue weighted by molar-refractivity contribution is 7.98. The average Bonchev–Trinajstić information content (AvgIpc) is 2.47. The molecule has 0 radical (unpaired) electrons. The van der Waals surface area contributed by atoms with E-state index in [1.54, 1.807) is 23.9 Å². The van der Waals surface area contributed by atoms with E-state index in [-0.39, 0.29) is 0 Å². The second kappa shape index (κ2) is 5.33. The average molecular weight is 267 g/mol. The fraction of sp³-hybridized carbons (Fsp3) is 0.0625. The summed E-state index contributed by atoms with van der Waals surface area (Å²) in [4.78, 5) is 5.60. The molecule has 1 N–H and O–H groups in total. The molecule has 0 spiro atoms. The molecule has 2 nitrogen and oxygen atoms in total. The maximum atomic E-state index is 9.26. The molecule has 0 fully saturated rings. The maximum absolute atomic E-state index is 9.26. The van der Waals surface area contributed by atoms with Gasteiger partial charge in [0.2, 0.25) is 0 Å². The quantitative estimate of drug-likeness (QED) is 0.721. The van der Waals surface area contributed by atoms with Gasteiger partial charge in [-0.05, 0) is 35.9 Å². The molecule has 19 heavy (non-hydrogen) atoms. The van der Waals surface area contributed by atoms with Gasteiger partial charge in [-0.15, -0.1) is 11.8 Å². The molecular weight excluding hydrogens is 254 g/mol. The highest BCUT2D eigenvalue weighted by atomic mass is 32.2. The summed E-state index contributed by atoms with van der Waals surface area (Å²) >= 11 is 1.75. The zero-order chi connectivity index (χ0) is 13.1. The minimum absolute atomic E-state index is 0.302. The zero-order valence-corrected chi connectivity index (χ0v) is 11.1. The summed E-state index contributed by atoms with van der Waals surface area (Å²) in [5.41, 5.74) is 2.30. The Morgan fingerprint density at radius 1 is 0.947 bits per heavy atom. The number of fused-ring (bicyclic) bond motifs is 1. The summed E-state index contributed by atoms with van der Waals surface area (Å²) < 4.78 is 0. The second-order valence-corrected chi connectivity index (χ2v) is 5.32. The van der Waals surface area contributed by atoms with Gasteiger partial charge >= 0.3 is 0 Å². The van der Waals surface area contributed by atoms with E-state index >= 15 is 0 Å². The molecule has 0 saturated carbocycles. The number of aromatic hydroxyl groups is 1. The van der Waals surface area contributed by atoms with Crippen LogP contribution in [-0.4, -0.2) is 10.1 Å². The van der Waals surface area contributed by atoms with Gasteiger partial charge in [0.15, 0.2) is 0 Å². The van der Waals surface area contributed by atoms with E-state index in [0.717, 1.165) is 16.2 Å². The van der Waals surface area contributed by atoms with E-state index < -0.39 is 0 Å². The third kappa shape index (κ3) is 2.71. The number of hydrogen-bond acceptors (Lipinski definition) is 3. The number of benzene rings is 2. The smallest absolute Gasteiger partial charge is 0.115 e. The Morgan fingerprint density at radius 2 is 1.74 bits per heavy atom. The molecule has 2 aromatic carbocycles. The van der Waals surface area contributed by atoms with Gasteiger partial charge in [-0.2, -0.15) is 0 Å². The van der Waals surface area contributed by atoms with Crippen molar-refractivity contribution >= 4 is 22.7 Å². The molecule has 0 atom stereocenters. The van der Waals surface area contributed by atoms with E-state index in [1.807, 2.05) is 24.4 Å². The van der Waals surface area contributed by atoms with Gasteiger partial charge in [0.25, 0.3) is 0 Å². The molecule has 0 saturated heterocycles.